The molecule has 2 aromatic rings. The lowest BCUT2D eigenvalue weighted by molar-refractivity contribution is 0.0329. The molecule has 6 nitrogen and oxygen atoms in total. The van der Waals surface area contributed by atoms with E-state index in [-0.39, 0.29) is 0 Å². The average Bonchev–Trinajstić information content (AvgIpc) is 3.29. The highest BCUT2D eigenvalue weighted by Gasteiger charge is 2.15. The number of hydrogen-bond acceptors (Lipinski definition) is 7. The van der Waals surface area contributed by atoms with E-state index < -0.39 is 0 Å². The maximum absolute atomic E-state index is 8.89. The normalized spacial score (nSPS) is 15.7. The number of hydrogen-bond donors (Lipinski definition) is 0. The highest BCUT2D eigenvalue weighted by molar-refractivity contribution is 7.13. The Hall–Kier alpha value is -1.72. The topological polar surface area (TPSA) is 65.5 Å². The van der Waals surface area contributed by atoms with Gasteiger partial charge in [0, 0.05) is 51.8 Å². The zero-order chi connectivity index (χ0) is 16.6. The van der Waals surface area contributed by atoms with Crippen molar-refractivity contribution in [1.29, 1.82) is 5.26 Å². The number of nitrogens with zero attached hydrogens (tertiary/aromatic N) is 4. The van der Waals surface area contributed by atoms with Gasteiger partial charge >= 0.3 is 0 Å². The molecule has 0 radical (unpaired) electrons. The molecule has 2 aromatic heterocycles. The van der Waals surface area contributed by atoms with Crippen molar-refractivity contribution in [3.63, 3.8) is 0 Å². The molecule has 0 aromatic carbocycles. The second kappa shape index (κ2) is 8.94. The van der Waals surface area contributed by atoms with Gasteiger partial charge in [0.1, 0.15) is 0 Å². The van der Waals surface area contributed by atoms with Crippen molar-refractivity contribution >= 4 is 11.3 Å². The first-order chi connectivity index (χ1) is 11.8. The molecule has 3 rings (SSSR count). The fourth-order valence-corrected chi connectivity index (χ4v) is 3.41. The third kappa shape index (κ3) is 4.89. The van der Waals surface area contributed by atoms with Crippen LogP contribution in [0.4, 0.5) is 0 Å². The van der Waals surface area contributed by atoms with Crippen molar-refractivity contribution in [2.75, 3.05) is 45.9 Å². The largest absolute Gasteiger partial charge is 0.379 e. The van der Waals surface area contributed by atoms with Gasteiger partial charge in [0.05, 0.1) is 29.9 Å². The van der Waals surface area contributed by atoms with E-state index in [1.807, 2.05) is 23.6 Å². The van der Waals surface area contributed by atoms with Gasteiger partial charge in [-0.1, -0.05) is 11.2 Å². The van der Waals surface area contributed by atoms with Gasteiger partial charge in [-0.2, -0.15) is 5.26 Å². The van der Waals surface area contributed by atoms with Gasteiger partial charge < -0.3 is 9.26 Å². The fourth-order valence-electron chi connectivity index (χ4n) is 2.74. The summed E-state index contributed by atoms with van der Waals surface area (Å²) < 4.78 is 10.8. The molecule has 0 spiro atoms. The lowest BCUT2D eigenvalue weighted by atomic mass is 10.3. The number of nitriles is 1. The van der Waals surface area contributed by atoms with Crippen LogP contribution in [-0.2, 0) is 11.3 Å². The molecule has 1 aliphatic heterocycles. The van der Waals surface area contributed by atoms with Crippen molar-refractivity contribution in [1.82, 2.24) is 15.0 Å². The third-order valence-electron chi connectivity index (χ3n) is 4.08. The molecule has 1 aliphatic rings. The van der Waals surface area contributed by atoms with Gasteiger partial charge in [-0.3, -0.25) is 9.80 Å². The highest BCUT2D eigenvalue weighted by atomic mass is 32.1. The van der Waals surface area contributed by atoms with Crippen LogP contribution in [0.25, 0.3) is 10.6 Å². The molecule has 0 N–H and O–H groups in total. The maximum atomic E-state index is 8.89. The Morgan fingerprint density at radius 2 is 2.21 bits per heavy atom. The Balaban J connectivity index is 1.56. The summed E-state index contributed by atoms with van der Waals surface area (Å²) >= 11 is 1.64. The molecular formula is C17H22N4O2S. The minimum Gasteiger partial charge on any atom is -0.379 e. The standard InChI is InChI=1S/C17H22N4O2S/c18-4-2-5-21(7-6-20-8-10-22-11-9-20)14-15-13-16(23-19-15)17-3-1-12-24-17/h1,3,12-13H,2,5-11,14H2. The summed E-state index contributed by atoms with van der Waals surface area (Å²) in [5.74, 6) is 0.813. The van der Waals surface area contributed by atoms with Crippen LogP contribution >= 0.6 is 11.3 Å². The lowest BCUT2D eigenvalue weighted by Gasteiger charge is -2.29. The summed E-state index contributed by atoms with van der Waals surface area (Å²) in [6.07, 6.45) is 0.527. The molecular weight excluding hydrogens is 324 g/mol. The summed E-state index contributed by atoms with van der Waals surface area (Å²) in [5.41, 5.74) is 0.915. The second-order valence-corrected chi connectivity index (χ2v) is 6.75. The number of ether oxygens (including phenoxy) is 1. The predicted octanol–water partition coefficient (Wildman–Crippen LogP) is 2.45. The first-order valence-corrected chi connectivity index (χ1v) is 9.12. The van der Waals surface area contributed by atoms with Crippen LogP contribution in [-0.4, -0.2) is 60.9 Å². The maximum Gasteiger partial charge on any atom is 0.177 e. The zero-order valence-electron chi connectivity index (χ0n) is 13.7. The first kappa shape index (κ1) is 17.1. The Morgan fingerprint density at radius 3 is 2.96 bits per heavy atom. The smallest absolute Gasteiger partial charge is 0.177 e. The first-order valence-electron chi connectivity index (χ1n) is 8.24. The van der Waals surface area contributed by atoms with Gasteiger partial charge in [0.15, 0.2) is 5.76 Å². The van der Waals surface area contributed by atoms with Crippen molar-refractivity contribution in [2.45, 2.75) is 13.0 Å². The van der Waals surface area contributed by atoms with Gasteiger partial charge in [-0.15, -0.1) is 11.3 Å². The van der Waals surface area contributed by atoms with Crippen LogP contribution in [0.15, 0.2) is 28.1 Å². The minimum atomic E-state index is 0.527. The molecule has 0 saturated carbocycles. The fraction of sp³-hybridized carbons (Fsp3) is 0.529. The predicted molar refractivity (Wildman–Crippen MR) is 92.6 cm³/mol. The molecule has 0 atom stereocenters. The van der Waals surface area contributed by atoms with Crippen LogP contribution in [0.2, 0.25) is 0 Å². The number of aromatic nitrogens is 1. The number of thiophene rings is 1. The average molecular weight is 346 g/mol. The Labute approximate surface area is 146 Å². The molecule has 0 aliphatic carbocycles. The molecule has 1 saturated heterocycles. The minimum absolute atomic E-state index is 0.527. The second-order valence-electron chi connectivity index (χ2n) is 5.80. The molecule has 1 fully saturated rings. The summed E-state index contributed by atoms with van der Waals surface area (Å²) in [6.45, 7) is 6.96. The van der Waals surface area contributed by atoms with E-state index >= 15 is 0 Å². The number of rotatable bonds is 8. The van der Waals surface area contributed by atoms with E-state index in [9.17, 15) is 0 Å². The van der Waals surface area contributed by atoms with Crippen molar-refractivity contribution in [2.24, 2.45) is 0 Å². The molecule has 3 heterocycles. The quantitative estimate of drug-likeness (QED) is 0.731. The van der Waals surface area contributed by atoms with Gasteiger partial charge in [-0.25, -0.2) is 0 Å². The van der Waals surface area contributed by atoms with E-state index in [0.717, 1.165) is 62.3 Å². The Morgan fingerprint density at radius 1 is 1.33 bits per heavy atom. The van der Waals surface area contributed by atoms with Gasteiger partial charge in [0.25, 0.3) is 0 Å². The van der Waals surface area contributed by atoms with Crippen molar-refractivity contribution < 1.29 is 9.26 Å². The molecule has 128 valence electrons. The lowest BCUT2D eigenvalue weighted by Crippen LogP contribution is -2.41. The number of morpholine rings is 1. The summed E-state index contributed by atoms with van der Waals surface area (Å²) in [4.78, 5) is 5.77. The van der Waals surface area contributed by atoms with Crippen molar-refractivity contribution in [3.8, 4) is 16.7 Å². The van der Waals surface area contributed by atoms with Crippen molar-refractivity contribution in [3.05, 3.63) is 29.3 Å². The van der Waals surface area contributed by atoms with Crippen LogP contribution in [0, 0.1) is 11.3 Å². The van der Waals surface area contributed by atoms with E-state index in [1.165, 1.54) is 0 Å². The molecule has 7 heteroatoms. The SMILES string of the molecule is N#CCCN(CCN1CCOCC1)Cc1cc(-c2cccs2)on1. The monoisotopic (exact) mass is 346 g/mol. The van der Waals surface area contributed by atoms with Gasteiger partial charge in [-0.05, 0) is 11.4 Å². The highest BCUT2D eigenvalue weighted by Crippen LogP contribution is 2.25. The van der Waals surface area contributed by atoms with Crippen LogP contribution in [0.3, 0.4) is 0 Å². The molecule has 0 unspecified atom stereocenters. The Kier molecular flexibility index (Phi) is 6.38. The van der Waals surface area contributed by atoms with Crippen LogP contribution in [0.1, 0.15) is 12.1 Å². The van der Waals surface area contributed by atoms with Crippen LogP contribution < -0.4 is 0 Å². The van der Waals surface area contributed by atoms with E-state index in [4.69, 9.17) is 14.5 Å². The van der Waals surface area contributed by atoms with E-state index in [1.54, 1.807) is 11.3 Å². The summed E-state index contributed by atoms with van der Waals surface area (Å²) in [7, 11) is 0. The molecule has 0 bridgehead atoms. The Bertz CT molecular complexity index is 644. The zero-order valence-corrected chi connectivity index (χ0v) is 14.5. The van der Waals surface area contributed by atoms with E-state index in [2.05, 4.69) is 21.0 Å². The van der Waals surface area contributed by atoms with Gasteiger partial charge in [0.2, 0.25) is 0 Å². The van der Waals surface area contributed by atoms with Crippen LogP contribution in [0.5, 0.6) is 0 Å². The summed E-state index contributed by atoms with van der Waals surface area (Å²) in [6, 6.07) is 8.26. The third-order valence-corrected chi connectivity index (χ3v) is 4.97. The summed E-state index contributed by atoms with van der Waals surface area (Å²) in [5, 5.41) is 15.1. The molecule has 0 amide bonds. The van der Waals surface area contributed by atoms with E-state index in [0.29, 0.717) is 13.0 Å². The molecule has 24 heavy (non-hydrogen) atoms.